The molecule has 156 valence electrons. The molecule has 1 N–H and O–H groups in total. The number of nitrogens with zero attached hydrogens (tertiary/aromatic N) is 2. The highest BCUT2D eigenvalue weighted by molar-refractivity contribution is 7.90. The predicted molar refractivity (Wildman–Crippen MR) is 111 cm³/mol. The molecule has 2 aromatic carbocycles. The van der Waals surface area contributed by atoms with Crippen molar-refractivity contribution < 1.29 is 27.9 Å². The van der Waals surface area contributed by atoms with Crippen molar-refractivity contribution in [2.75, 3.05) is 0 Å². The van der Waals surface area contributed by atoms with Crippen LogP contribution in [0.25, 0.3) is 6.08 Å². The van der Waals surface area contributed by atoms with Crippen molar-refractivity contribution in [1.29, 1.82) is 0 Å². The van der Waals surface area contributed by atoms with E-state index in [1.807, 2.05) is 0 Å². The molecule has 3 aromatic rings. The summed E-state index contributed by atoms with van der Waals surface area (Å²) in [6, 6.07) is 14.0. The van der Waals surface area contributed by atoms with E-state index < -0.39 is 16.0 Å². The first-order valence-electron chi connectivity index (χ1n) is 9.16. The predicted octanol–water partition coefficient (Wildman–Crippen LogP) is 2.62. The fraction of sp³-hybridized carbons (Fsp3) is 0.0455. The molecule has 0 fully saturated rings. The second-order valence-electron chi connectivity index (χ2n) is 6.84. The lowest BCUT2D eigenvalue weighted by Gasteiger charge is -2.14. The average Bonchev–Trinajstić information content (AvgIpc) is 3.33. The van der Waals surface area contributed by atoms with Crippen LogP contribution in [0.15, 0.2) is 78.0 Å². The number of aliphatic carboxylic acids is 1. The maximum atomic E-state index is 12.8. The number of carboxylic acid groups (broad SMARTS) is 1. The summed E-state index contributed by atoms with van der Waals surface area (Å²) in [5.74, 6) is -1.90. The van der Waals surface area contributed by atoms with Crippen molar-refractivity contribution in [3.63, 3.8) is 0 Å². The van der Waals surface area contributed by atoms with Crippen LogP contribution in [0.1, 0.15) is 31.8 Å². The number of rotatable bonds is 6. The second-order valence-corrected chi connectivity index (χ2v) is 8.68. The molecule has 9 heteroatoms. The maximum Gasteiger partial charge on any atom is 0.328 e. The smallest absolute Gasteiger partial charge is 0.328 e. The van der Waals surface area contributed by atoms with Crippen molar-refractivity contribution >= 4 is 33.9 Å². The van der Waals surface area contributed by atoms with Crippen LogP contribution in [0.3, 0.4) is 0 Å². The summed E-state index contributed by atoms with van der Waals surface area (Å²) in [5.41, 5.74) is 1.73. The van der Waals surface area contributed by atoms with E-state index in [0.29, 0.717) is 22.3 Å². The number of carboxylic acids is 1. The van der Waals surface area contributed by atoms with Gasteiger partial charge in [-0.15, -0.1) is 0 Å². The average molecular weight is 436 g/mol. The van der Waals surface area contributed by atoms with E-state index in [-0.39, 0.29) is 23.3 Å². The van der Waals surface area contributed by atoms with Crippen LogP contribution in [-0.2, 0) is 21.4 Å². The number of aromatic nitrogens is 1. The highest BCUT2D eigenvalue weighted by Gasteiger charge is 2.35. The van der Waals surface area contributed by atoms with Crippen molar-refractivity contribution in [2.24, 2.45) is 0 Å². The van der Waals surface area contributed by atoms with Gasteiger partial charge in [-0.1, -0.05) is 24.3 Å². The first kappa shape index (κ1) is 20.3. The van der Waals surface area contributed by atoms with E-state index >= 15 is 0 Å². The minimum atomic E-state index is -3.88. The van der Waals surface area contributed by atoms with Crippen molar-refractivity contribution in [3.8, 4) is 0 Å². The van der Waals surface area contributed by atoms with Gasteiger partial charge in [0, 0.05) is 18.5 Å². The third-order valence-corrected chi connectivity index (χ3v) is 6.48. The monoisotopic (exact) mass is 436 g/mol. The number of amides is 2. The number of imide groups is 1. The summed E-state index contributed by atoms with van der Waals surface area (Å²) in [7, 11) is -3.88. The fourth-order valence-electron chi connectivity index (χ4n) is 3.26. The Labute approximate surface area is 177 Å². The van der Waals surface area contributed by atoms with E-state index in [4.69, 9.17) is 5.11 Å². The maximum absolute atomic E-state index is 12.8. The zero-order chi connectivity index (χ0) is 22.2. The number of carbonyl (C=O) groups is 3. The number of hydrogen-bond acceptors (Lipinski definition) is 5. The quantitative estimate of drug-likeness (QED) is 0.469. The lowest BCUT2D eigenvalue weighted by molar-refractivity contribution is -0.131. The Balaban J connectivity index is 1.53. The standard InChI is InChI=1S/C22H16N2O6S/c25-20(26)10-7-16-11-12-23(13-16)31(29,30)17-8-5-15(6-9-17)14-24-21(27)18-3-1-2-4-19(18)22(24)28/h1-13H,14H2,(H,25,26)/b10-7+. The van der Waals surface area contributed by atoms with Gasteiger partial charge in [-0.05, 0) is 47.5 Å². The van der Waals surface area contributed by atoms with E-state index in [1.165, 1.54) is 36.7 Å². The van der Waals surface area contributed by atoms with Gasteiger partial charge in [-0.2, -0.15) is 0 Å². The van der Waals surface area contributed by atoms with Crippen LogP contribution in [0.2, 0.25) is 0 Å². The summed E-state index contributed by atoms with van der Waals surface area (Å²) < 4.78 is 26.6. The molecule has 4 rings (SSSR count). The van der Waals surface area contributed by atoms with Gasteiger partial charge in [-0.25, -0.2) is 17.2 Å². The highest BCUT2D eigenvalue weighted by atomic mass is 32.2. The molecule has 0 atom stereocenters. The molecule has 2 amide bonds. The van der Waals surface area contributed by atoms with Crippen molar-refractivity contribution in [3.05, 3.63) is 95.3 Å². The SMILES string of the molecule is O=C(O)/C=C/c1ccn(S(=O)(=O)c2ccc(CN3C(=O)c4ccccc4C3=O)cc2)c1. The number of hydrogen-bond donors (Lipinski definition) is 1. The summed E-state index contributed by atoms with van der Waals surface area (Å²) >= 11 is 0. The Bertz CT molecular complexity index is 1300. The summed E-state index contributed by atoms with van der Waals surface area (Å²) in [6.07, 6.45) is 4.84. The van der Waals surface area contributed by atoms with Crippen LogP contribution >= 0.6 is 0 Å². The lowest BCUT2D eigenvalue weighted by atomic mass is 10.1. The molecule has 1 aliphatic rings. The topological polar surface area (TPSA) is 114 Å². The van der Waals surface area contributed by atoms with E-state index in [0.717, 1.165) is 14.9 Å². The highest BCUT2D eigenvalue weighted by Crippen LogP contribution is 2.25. The van der Waals surface area contributed by atoms with Gasteiger partial charge in [0.1, 0.15) is 0 Å². The Kier molecular flexibility index (Phi) is 5.04. The van der Waals surface area contributed by atoms with Gasteiger partial charge >= 0.3 is 5.97 Å². The van der Waals surface area contributed by atoms with E-state index in [1.54, 1.807) is 36.4 Å². The van der Waals surface area contributed by atoms with Gasteiger partial charge in [0.2, 0.25) is 0 Å². The Morgan fingerprint density at radius 3 is 2.13 bits per heavy atom. The minimum Gasteiger partial charge on any atom is -0.478 e. The first-order chi connectivity index (χ1) is 14.8. The largest absolute Gasteiger partial charge is 0.478 e. The molecule has 1 aliphatic heterocycles. The Morgan fingerprint density at radius 2 is 1.55 bits per heavy atom. The number of benzene rings is 2. The third kappa shape index (κ3) is 3.78. The van der Waals surface area contributed by atoms with Gasteiger partial charge in [0.15, 0.2) is 0 Å². The van der Waals surface area contributed by atoms with Crippen LogP contribution in [0.5, 0.6) is 0 Å². The molecule has 0 aliphatic carbocycles. The molecule has 0 saturated carbocycles. The molecule has 0 radical (unpaired) electrons. The lowest BCUT2D eigenvalue weighted by Crippen LogP contribution is -2.29. The molecular formula is C22H16N2O6S. The van der Waals surface area contributed by atoms with Crippen LogP contribution in [-0.4, -0.2) is 40.2 Å². The summed E-state index contributed by atoms with van der Waals surface area (Å²) in [4.78, 5) is 36.7. The van der Waals surface area contributed by atoms with Crippen LogP contribution in [0, 0.1) is 0 Å². The van der Waals surface area contributed by atoms with Crippen molar-refractivity contribution in [1.82, 2.24) is 8.87 Å². The van der Waals surface area contributed by atoms with Gasteiger partial charge in [-0.3, -0.25) is 14.5 Å². The third-order valence-electron chi connectivity index (χ3n) is 4.83. The van der Waals surface area contributed by atoms with E-state index in [2.05, 4.69) is 0 Å². The van der Waals surface area contributed by atoms with E-state index in [9.17, 15) is 22.8 Å². The minimum absolute atomic E-state index is 0.0166. The number of carbonyl (C=O) groups excluding carboxylic acids is 2. The van der Waals surface area contributed by atoms with Gasteiger partial charge in [0.05, 0.1) is 22.6 Å². The second kappa shape index (κ2) is 7.69. The summed E-state index contributed by atoms with van der Waals surface area (Å²) in [6.45, 7) is 0.0281. The molecule has 8 nitrogen and oxygen atoms in total. The first-order valence-corrected chi connectivity index (χ1v) is 10.6. The molecule has 0 saturated heterocycles. The molecule has 31 heavy (non-hydrogen) atoms. The van der Waals surface area contributed by atoms with Crippen LogP contribution in [0.4, 0.5) is 0 Å². The van der Waals surface area contributed by atoms with Gasteiger partial charge in [0.25, 0.3) is 21.8 Å². The fourth-order valence-corrected chi connectivity index (χ4v) is 4.47. The molecule has 0 bridgehead atoms. The molecule has 0 spiro atoms. The molecular weight excluding hydrogens is 420 g/mol. The van der Waals surface area contributed by atoms with Crippen LogP contribution < -0.4 is 0 Å². The molecule has 2 heterocycles. The zero-order valence-electron chi connectivity index (χ0n) is 16.0. The Morgan fingerprint density at radius 1 is 0.935 bits per heavy atom. The number of fused-ring (bicyclic) bond motifs is 1. The normalized spacial score (nSPS) is 13.7. The summed E-state index contributed by atoms with van der Waals surface area (Å²) in [5, 5.41) is 8.67. The van der Waals surface area contributed by atoms with Gasteiger partial charge < -0.3 is 5.11 Å². The Hall–Kier alpha value is -3.98. The molecule has 0 unspecified atom stereocenters. The molecule has 1 aromatic heterocycles. The zero-order valence-corrected chi connectivity index (χ0v) is 16.8. The van der Waals surface area contributed by atoms with Crippen molar-refractivity contribution in [2.45, 2.75) is 11.4 Å².